The van der Waals surface area contributed by atoms with E-state index in [2.05, 4.69) is 10.1 Å². The molecule has 1 rings (SSSR count). The van der Waals surface area contributed by atoms with Crippen molar-refractivity contribution in [3.05, 3.63) is 23.7 Å². The minimum Gasteiger partial charge on any atom is -0.480 e. The molecule has 0 radical (unpaired) electrons. The Kier molecular flexibility index (Phi) is 6.80. The summed E-state index contributed by atoms with van der Waals surface area (Å²) in [4.78, 5) is 34.0. The van der Waals surface area contributed by atoms with E-state index in [0.717, 1.165) is 0 Å². The van der Waals surface area contributed by atoms with Crippen molar-refractivity contribution in [1.29, 1.82) is 0 Å². The number of hydrogen-bond donors (Lipinski definition) is 2. The second kappa shape index (κ2) is 8.35. The van der Waals surface area contributed by atoms with Crippen molar-refractivity contribution < 1.29 is 28.6 Å². The fourth-order valence-electron chi connectivity index (χ4n) is 1.57. The van der Waals surface area contributed by atoms with Crippen LogP contribution in [0.4, 0.5) is 0 Å². The van der Waals surface area contributed by atoms with Gasteiger partial charge in [-0.3, -0.25) is 9.59 Å². The Bertz CT molecular complexity index is 513. The normalized spacial score (nSPS) is 11.7. The highest BCUT2D eigenvalue weighted by Gasteiger charge is 2.23. The summed E-state index contributed by atoms with van der Waals surface area (Å²) in [5, 5.41) is 11.4. The molecule has 1 aromatic heterocycles. The number of rotatable bonds is 8. The summed E-state index contributed by atoms with van der Waals surface area (Å²) < 4.78 is 9.73. The van der Waals surface area contributed by atoms with E-state index in [1.165, 1.54) is 13.2 Å². The molecule has 0 bridgehead atoms. The van der Waals surface area contributed by atoms with Crippen molar-refractivity contribution >= 4 is 29.6 Å². The third-order valence-corrected chi connectivity index (χ3v) is 3.21. The zero-order chi connectivity index (χ0) is 15.8. The zero-order valence-electron chi connectivity index (χ0n) is 11.8. The topological polar surface area (TPSA) is 106 Å². The van der Waals surface area contributed by atoms with Crippen LogP contribution in [0.2, 0.25) is 0 Å². The number of esters is 1. The van der Waals surface area contributed by atoms with Gasteiger partial charge in [0.25, 0.3) is 5.91 Å². The number of ether oxygens (including phenoxy) is 1. The van der Waals surface area contributed by atoms with Crippen LogP contribution in [0, 0.1) is 0 Å². The van der Waals surface area contributed by atoms with Crippen LogP contribution in [0.15, 0.2) is 16.5 Å². The van der Waals surface area contributed by atoms with Crippen LogP contribution in [-0.2, 0) is 20.1 Å². The molecule has 0 aliphatic carbocycles. The van der Waals surface area contributed by atoms with Crippen LogP contribution < -0.4 is 5.32 Å². The van der Waals surface area contributed by atoms with Crippen molar-refractivity contribution in [1.82, 2.24) is 5.32 Å². The Morgan fingerprint density at radius 2 is 2.14 bits per heavy atom. The van der Waals surface area contributed by atoms with Gasteiger partial charge < -0.3 is 19.6 Å². The fourth-order valence-corrected chi connectivity index (χ4v) is 2.01. The predicted octanol–water partition coefficient (Wildman–Crippen LogP) is 1.28. The lowest BCUT2D eigenvalue weighted by atomic mass is 10.1. The summed E-state index contributed by atoms with van der Waals surface area (Å²) in [6, 6.07) is 1.97. The lowest BCUT2D eigenvalue weighted by Gasteiger charge is -2.12. The Morgan fingerprint density at radius 1 is 1.43 bits per heavy atom. The highest BCUT2D eigenvalue weighted by atomic mass is 32.2. The summed E-state index contributed by atoms with van der Waals surface area (Å²) in [7, 11) is 1.22. The SMILES string of the molecule is COC(=O)CCC(NC(=O)c1ccc(CSC)o1)C(=O)O. The third kappa shape index (κ3) is 5.50. The molecule has 1 unspecified atom stereocenters. The molecule has 0 aliphatic heterocycles. The molecule has 7 nitrogen and oxygen atoms in total. The second-order valence-corrected chi connectivity index (χ2v) is 5.04. The summed E-state index contributed by atoms with van der Waals surface area (Å²) in [5.74, 6) is -1.08. The predicted molar refractivity (Wildman–Crippen MR) is 76.1 cm³/mol. The van der Waals surface area contributed by atoms with Crippen molar-refractivity contribution in [2.45, 2.75) is 24.6 Å². The molecular weight excluding hydrogens is 298 g/mol. The molecule has 0 fully saturated rings. The number of carboxylic acids is 1. The average molecular weight is 315 g/mol. The number of furan rings is 1. The number of carbonyl (C=O) groups excluding carboxylic acids is 2. The summed E-state index contributed by atoms with van der Waals surface area (Å²) in [5.41, 5.74) is 0. The molecule has 116 valence electrons. The maximum atomic E-state index is 11.9. The number of hydrogen-bond acceptors (Lipinski definition) is 6. The molecule has 0 saturated heterocycles. The highest BCUT2D eigenvalue weighted by Crippen LogP contribution is 2.13. The maximum Gasteiger partial charge on any atom is 0.326 e. The smallest absolute Gasteiger partial charge is 0.326 e. The van der Waals surface area contributed by atoms with Crippen LogP contribution >= 0.6 is 11.8 Å². The van der Waals surface area contributed by atoms with Crippen molar-refractivity contribution in [2.24, 2.45) is 0 Å². The van der Waals surface area contributed by atoms with Gasteiger partial charge in [0.1, 0.15) is 11.8 Å². The van der Waals surface area contributed by atoms with Crippen LogP contribution in [0.1, 0.15) is 29.2 Å². The van der Waals surface area contributed by atoms with E-state index in [1.807, 2.05) is 6.26 Å². The monoisotopic (exact) mass is 315 g/mol. The fraction of sp³-hybridized carbons (Fsp3) is 0.462. The summed E-state index contributed by atoms with van der Waals surface area (Å²) >= 11 is 1.54. The lowest BCUT2D eigenvalue weighted by molar-refractivity contribution is -0.142. The van der Waals surface area contributed by atoms with Gasteiger partial charge in [0.15, 0.2) is 5.76 Å². The van der Waals surface area contributed by atoms with Crippen LogP contribution in [-0.4, -0.2) is 42.4 Å². The molecule has 2 N–H and O–H groups in total. The zero-order valence-corrected chi connectivity index (χ0v) is 12.6. The van der Waals surface area contributed by atoms with Crippen LogP contribution in [0.5, 0.6) is 0 Å². The van der Waals surface area contributed by atoms with Crippen molar-refractivity contribution in [3.8, 4) is 0 Å². The molecule has 1 heterocycles. The Balaban J connectivity index is 2.62. The number of amides is 1. The van der Waals surface area contributed by atoms with E-state index in [4.69, 9.17) is 9.52 Å². The Morgan fingerprint density at radius 3 is 2.71 bits per heavy atom. The largest absolute Gasteiger partial charge is 0.480 e. The Labute approximate surface area is 126 Å². The second-order valence-electron chi connectivity index (χ2n) is 4.18. The number of nitrogens with one attached hydrogen (secondary N) is 1. The average Bonchev–Trinajstić information content (AvgIpc) is 2.91. The molecule has 0 aliphatic rings. The lowest BCUT2D eigenvalue weighted by Crippen LogP contribution is -2.41. The first-order chi connectivity index (χ1) is 9.97. The van der Waals surface area contributed by atoms with Gasteiger partial charge in [-0.05, 0) is 24.8 Å². The first-order valence-corrected chi connectivity index (χ1v) is 7.55. The molecule has 0 saturated carbocycles. The number of carboxylic acid groups (broad SMARTS) is 1. The number of methoxy groups -OCH3 is 1. The number of thioether (sulfide) groups is 1. The molecular formula is C13H17NO6S. The molecule has 0 spiro atoms. The van der Waals surface area contributed by atoms with E-state index in [-0.39, 0.29) is 18.6 Å². The minimum atomic E-state index is -1.22. The van der Waals surface area contributed by atoms with Crippen molar-refractivity contribution in [2.75, 3.05) is 13.4 Å². The molecule has 1 amide bonds. The van der Waals surface area contributed by atoms with Gasteiger partial charge in [0.05, 0.1) is 12.9 Å². The van der Waals surface area contributed by atoms with E-state index in [9.17, 15) is 14.4 Å². The number of carbonyl (C=O) groups is 3. The standard InChI is InChI=1S/C13H17NO6S/c1-19-11(15)6-4-9(13(17)18)14-12(16)10-5-3-8(20-10)7-21-2/h3,5,9H,4,6-7H2,1-2H3,(H,14,16)(H,17,18). The van der Waals surface area contributed by atoms with Gasteiger partial charge in [-0.25, -0.2) is 4.79 Å². The van der Waals surface area contributed by atoms with Crippen LogP contribution in [0.3, 0.4) is 0 Å². The summed E-state index contributed by atoms with van der Waals surface area (Å²) in [6.45, 7) is 0. The number of aliphatic carboxylic acids is 1. The maximum absolute atomic E-state index is 11.9. The third-order valence-electron chi connectivity index (χ3n) is 2.64. The van der Waals surface area contributed by atoms with E-state index < -0.39 is 23.9 Å². The van der Waals surface area contributed by atoms with Gasteiger partial charge in [-0.15, -0.1) is 0 Å². The van der Waals surface area contributed by atoms with Crippen molar-refractivity contribution in [3.63, 3.8) is 0 Å². The Hall–Kier alpha value is -1.96. The molecule has 21 heavy (non-hydrogen) atoms. The van der Waals surface area contributed by atoms with Gasteiger partial charge in [0, 0.05) is 6.42 Å². The van der Waals surface area contributed by atoms with Gasteiger partial charge in [0.2, 0.25) is 0 Å². The molecule has 1 atom stereocenters. The first-order valence-electron chi connectivity index (χ1n) is 6.16. The molecule has 0 aromatic carbocycles. The summed E-state index contributed by atoms with van der Waals surface area (Å²) in [6.07, 6.45) is 1.76. The quantitative estimate of drug-likeness (QED) is 0.696. The van der Waals surface area contributed by atoms with Gasteiger partial charge in [-0.1, -0.05) is 0 Å². The van der Waals surface area contributed by atoms with E-state index >= 15 is 0 Å². The minimum absolute atomic E-state index is 0.0448. The molecule has 8 heteroatoms. The first kappa shape index (κ1) is 17.1. The van der Waals surface area contributed by atoms with Crippen LogP contribution in [0.25, 0.3) is 0 Å². The van der Waals surface area contributed by atoms with Gasteiger partial charge >= 0.3 is 11.9 Å². The van der Waals surface area contributed by atoms with Gasteiger partial charge in [-0.2, -0.15) is 11.8 Å². The molecule has 1 aromatic rings. The highest BCUT2D eigenvalue weighted by molar-refractivity contribution is 7.97. The van der Waals surface area contributed by atoms with E-state index in [0.29, 0.717) is 11.5 Å². The van der Waals surface area contributed by atoms with E-state index in [1.54, 1.807) is 17.8 Å².